The molecule has 0 fully saturated rings. The van der Waals surface area contributed by atoms with E-state index in [-0.39, 0.29) is 43.5 Å². The number of nitrogens with zero attached hydrogens (tertiary/aromatic N) is 1. The zero-order valence-electron chi connectivity index (χ0n) is 24.0. The second-order valence-electron chi connectivity index (χ2n) is 11.3. The molecule has 0 bridgehead atoms. The maximum atomic E-state index is 11.4. The predicted octanol–water partition coefficient (Wildman–Crippen LogP) is 8.99. The van der Waals surface area contributed by atoms with Crippen molar-refractivity contribution in [3.8, 4) is 11.3 Å². The second kappa shape index (κ2) is 14.6. The Bertz CT molecular complexity index is 1190. The molecule has 3 nitrogen and oxygen atoms in total. The van der Waals surface area contributed by atoms with Crippen LogP contribution in [0, 0.1) is 37.2 Å². The van der Waals surface area contributed by atoms with Gasteiger partial charge in [0.1, 0.15) is 0 Å². The molecule has 0 amide bonds. The van der Waals surface area contributed by atoms with Gasteiger partial charge in [0, 0.05) is 44.2 Å². The van der Waals surface area contributed by atoms with Crippen LogP contribution in [0.15, 0.2) is 54.4 Å². The van der Waals surface area contributed by atoms with Gasteiger partial charge in [0.15, 0.2) is 5.78 Å². The Morgan fingerprint density at radius 2 is 1.68 bits per heavy atom. The fourth-order valence-corrected chi connectivity index (χ4v) is 4.03. The van der Waals surface area contributed by atoms with E-state index < -0.39 is 0 Å². The standard InChI is InChI=1S/C22H24N.C11H20O2.Ir/c1-15-10-16(2)12-19(11-15)21-20-7-6-17(14-22(3,4)5)13-18(20)8-9-23-21;1-5-8(3)10(12)7-11(13)9(4)6-2;/h6-11,13H,14H2,1-5H3;7-9,12H,5-6H2,1-4H3;/q-1;;/b;10-7-;. The van der Waals surface area contributed by atoms with Crippen LogP contribution in [0.5, 0.6) is 0 Å². The van der Waals surface area contributed by atoms with Gasteiger partial charge in [-0.2, -0.15) is 0 Å². The molecule has 0 aliphatic heterocycles. The van der Waals surface area contributed by atoms with E-state index in [4.69, 9.17) is 0 Å². The van der Waals surface area contributed by atoms with Crippen molar-refractivity contribution in [2.45, 2.75) is 81.6 Å². The second-order valence-corrected chi connectivity index (χ2v) is 11.3. The van der Waals surface area contributed by atoms with Gasteiger partial charge in [0.25, 0.3) is 0 Å². The first-order valence-corrected chi connectivity index (χ1v) is 13.2. The van der Waals surface area contributed by atoms with Crippen LogP contribution < -0.4 is 0 Å². The molecule has 0 aliphatic carbocycles. The van der Waals surface area contributed by atoms with Gasteiger partial charge < -0.3 is 10.1 Å². The van der Waals surface area contributed by atoms with E-state index in [1.165, 1.54) is 28.0 Å². The van der Waals surface area contributed by atoms with E-state index in [0.717, 1.165) is 36.1 Å². The number of aliphatic hydroxyl groups is 1. The first-order valence-electron chi connectivity index (χ1n) is 13.2. The van der Waals surface area contributed by atoms with Crippen molar-refractivity contribution < 1.29 is 30.0 Å². The Labute approximate surface area is 238 Å². The summed E-state index contributed by atoms with van der Waals surface area (Å²) in [4.78, 5) is 16.0. The first-order chi connectivity index (χ1) is 16.8. The summed E-state index contributed by atoms with van der Waals surface area (Å²) in [5, 5.41) is 11.9. The molecule has 3 rings (SSSR count). The molecule has 0 spiro atoms. The number of aliphatic hydroxyl groups excluding tert-OH is 1. The molecule has 203 valence electrons. The number of allylic oxidation sites excluding steroid dienone is 2. The molecular weight excluding hydrogens is 635 g/mol. The normalized spacial score (nSPS) is 13.3. The topological polar surface area (TPSA) is 50.2 Å². The van der Waals surface area contributed by atoms with E-state index in [1.807, 2.05) is 33.9 Å². The van der Waals surface area contributed by atoms with Crippen LogP contribution in [0.4, 0.5) is 0 Å². The Morgan fingerprint density at radius 3 is 2.24 bits per heavy atom. The van der Waals surface area contributed by atoms with Crippen molar-refractivity contribution in [2.75, 3.05) is 0 Å². The number of hydrogen-bond donors (Lipinski definition) is 1. The van der Waals surface area contributed by atoms with E-state index in [9.17, 15) is 9.90 Å². The van der Waals surface area contributed by atoms with E-state index >= 15 is 0 Å². The average Bonchev–Trinajstić information content (AvgIpc) is 2.81. The largest absolute Gasteiger partial charge is 0.512 e. The quantitative estimate of drug-likeness (QED) is 0.154. The fourth-order valence-electron chi connectivity index (χ4n) is 4.03. The number of hydrogen-bond acceptors (Lipinski definition) is 3. The zero-order chi connectivity index (χ0) is 27.0. The predicted molar refractivity (Wildman–Crippen MR) is 153 cm³/mol. The van der Waals surface area contributed by atoms with Crippen molar-refractivity contribution in [2.24, 2.45) is 17.3 Å². The van der Waals surface area contributed by atoms with Crippen LogP contribution >= 0.6 is 0 Å². The maximum absolute atomic E-state index is 11.4. The van der Waals surface area contributed by atoms with Gasteiger partial charge in [-0.1, -0.05) is 80.5 Å². The summed E-state index contributed by atoms with van der Waals surface area (Å²) in [6.07, 6.45) is 6.04. The number of ketones is 1. The summed E-state index contributed by atoms with van der Waals surface area (Å²) in [6, 6.07) is 16.6. The Hall–Kier alpha value is -2.29. The molecule has 37 heavy (non-hydrogen) atoms. The van der Waals surface area contributed by atoms with Gasteiger partial charge in [-0.3, -0.25) is 4.79 Å². The smallest absolute Gasteiger partial charge is 0.161 e. The molecule has 4 heteroatoms. The van der Waals surface area contributed by atoms with Gasteiger partial charge in [0.2, 0.25) is 0 Å². The first kappa shape index (κ1) is 32.7. The Kier molecular flexibility index (Phi) is 12.9. The average molecular weight is 679 g/mol. The minimum atomic E-state index is 0. The Morgan fingerprint density at radius 1 is 1.03 bits per heavy atom. The number of pyridine rings is 1. The van der Waals surface area contributed by atoms with Crippen molar-refractivity contribution in [1.82, 2.24) is 4.98 Å². The van der Waals surface area contributed by atoms with Crippen LogP contribution in [-0.2, 0) is 31.3 Å². The van der Waals surface area contributed by atoms with Crippen LogP contribution in [0.1, 0.15) is 78.0 Å². The molecule has 0 aliphatic rings. The summed E-state index contributed by atoms with van der Waals surface area (Å²) in [6.45, 7) is 18.8. The van der Waals surface area contributed by atoms with Crippen LogP contribution in [0.25, 0.3) is 22.0 Å². The minimum absolute atomic E-state index is 0. The van der Waals surface area contributed by atoms with Crippen molar-refractivity contribution in [3.63, 3.8) is 0 Å². The third-order valence-corrected chi connectivity index (χ3v) is 6.47. The van der Waals surface area contributed by atoms with Gasteiger partial charge in [-0.15, -0.1) is 34.9 Å². The molecule has 3 aromatic rings. The Balaban J connectivity index is 0.000000423. The monoisotopic (exact) mass is 679 g/mol. The summed E-state index contributed by atoms with van der Waals surface area (Å²) in [7, 11) is 0. The molecular formula is C33H44IrNO2-. The molecule has 2 unspecified atom stereocenters. The molecule has 2 atom stereocenters. The summed E-state index contributed by atoms with van der Waals surface area (Å²) >= 11 is 0. The fraction of sp³-hybridized carbons (Fsp3) is 0.455. The van der Waals surface area contributed by atoms with Crippen LogP contribution in [0.3, 0.4) is 0 Å². The van der Waals surface area contributed by atoms with Gasteiger partial charge in [0.05, 0.1) is 5.76 Å². The number of benzene rings is 2. The number of rotatable bonds is 7. The third kappa shape index (κ3) is 10.2. The van der Waals surface area contributed by atoms with Crippen molar-refractivity contribution in [1.29, 1.82) is 0 Å². The van der Waals surface area contributed by atoms with Crippen molar-refractivity contribution in [3.05, 3.63) is 77.2 Å². The number of carbonyl (C=O) groups is 1. The van der Waals surface area contributed by atoms with E-state index in [2.05, 4.69) is 82.1 Å². The summed E-state index contributed by atoms with van der Waals surface area (Å²) in [5.74, 6) is 0.354. The SMILES string of the molecule is CCC(C)C(=O)/C=C(\O)C(C)CC.Cc1[c-]c(-c2nccc3cc(CC(C)(C)C)ccc23)cc(C)c1.[Ir]. The van der Waals surface area contributed by atoms with Gasteiger partial charge >= 0.3 is 0 Å². The van der Waals surface area contributed by atoms with Gasteiger partial charge in [-0.05, 0) is 52.8 Å². The minimum Gasteiger partial charge on any atom is -0.512 e. The molecule has 1 heterocycles. The maximum Gasteiger partial charge on any atom is 0.161 e. The van der Waals surface area contributed by atoms with Crippen LogP contribution in [-0.4, -0.2) is 15.9 Å². The van der Waals surface area contributed by atoms with E-state index in [1.54, 1.807) is 0 Å². The molecule has 1 N–H and O–H groups in total. The summed E-state index contributed by atoms with van der Waals surface area (Å²) in [5.41, 5.74) is 6.19. The number of carbonyl (C=O) groups excluding carboxylic acids is 1. The molecule has 0 saturated carbocycles. The molecule has 2 aromatic carbocycles. The zero-order valence-corrected chi connectivity index (χ0v) is 26.4. The number of aromatic nitrogens is 1. The summed E-state index contributed by atoms with van der Waals surface area (Å²) < 4.78 is 0. The third-order valence-electron chi connectivity index (χ3n) is 6.47. The number of fused-ring (bicyclic) bond motifs is 1. The van der Waals surface area contributed by atoms with E-state index in [0.29, 0.717) is 5.41 Å². The molecule has 0 saturated heterocycles. The van der Waals surface area contributed by atoms with Crippen LogP contribution in [0.2, 0.25) is 0 Å². The molecule has 1 radical (unpaired) electrons. The van der Waals surface area contributed by atoms with Crippen molar-refractivity contribution >= 4 is 16.6 Å². The molecule has 1 aromatic heterocycles. The van der Waals surface area contributed by atoms with Gasteiger partial charge in [-0.25, -0.2) is 0 Å². The number of aryl methyl sites for hydroxylation is 2.